The van der Waals surface area contributed by atoms with Crippen molar-refractivity contribution in [3.8, 4) is 5.69 Å². The van der Waals surface area contributed by atoms with Gasteiger partial charge in [-0.25, -0.2) is 4.68 Å². The number of alkyl halides is 3. The second-order valence-electron chi connectivity index (χ2n) is 4.34. The fourth-order valence-corrected chi connectivity index (χ4v) is 2.28. The number of nitrogens with one attached hydrogen (secondary N) is 1. The Labute approximate surface area is 107 Å². The highest BCUT2D eigenvalue weighted by Gasteiger charge is 2.35. The molecule has 0 saturated carbocycles. The largest absolute Gasteiger partial charge is 0.418 e. The summed E-state index contributed by atoms with van der Waals surface area (Å²) in [5.41, 5.74) is 6.49. The van der Waals surface area contributed by atoms with Crippen LogP contribution in [0.3, 0.4) is 0 Å². The second-order valence-corrected chi connectivity index (χ2v) is 4.34. The van der Waals surface area contributed by atoms with Crippen molar-refractivity contribution in [2.24, 2.45) is 0 Å². The Morgan fingerprint density at radius 2 is 1.95 bits per heavy atom. The minimum absolute atomic E-state index is 0.00616. The van der Waals surface area contributed by atoms with Crippen LogP contribution in [-0.4, -0.2) is 9.78 Å². The van der Waals surface area contributed by atoms with Gasteiger partial charge in [0.25, 0.3) is 0 Å². The topological polar surface area (TPSA) is 55.9 Å². The molecule has 0 atom stereocenters. The van der Waals surface area contributed by atoms with Gasteiger partial charge in [-0.1, -0.05) is 12.1 Å². The molecule has 0 bridgehead atoms. The predicted octanol–water partition coefficient (Wildman–Crippen LogP) is 2.08. The first-order valence-corrected chi connectivity index (χ1v) is 5.72. The van der Waals surface area contributed by atoms with Gasteiger partial charge in [0.05, 0.1) is 16.9 Å². The molecule has 7 heteroatoms. The van der Waals surface area contributed by atoms with Crippen molar-refractivity contribution < 1.29 is 13.2 Å². The molecule has 1 aliphatic heterocycles. The van der Waals surface area contributed by atoms with Gasteiger partial charge in [-0.15, -0.1) is 0 Å². The molecule has 19 heavy (non-hydrogen) atoms. The van der Waals surface area contributed by atoms with Gasteiger partial charge in [0.1, 0.15) is 0 Å². The summed E-state index contributed by atoms with van der Waals surface area (Å²) in [6.07, 6.45) is -4.42. The number of benzene rings is 1. The molecule has 3 N–H and O–H groups in total. The Morgan fingerprint density at radius 1 is 1.21 bits per heavy atom. The highest BCUT2D eigenvalue weighted by Crippen LogP contribution is 2.35. The summed E-state index contributed by atoms with van der Waals surface area (Å²) in [6, 6.07) is 5.35. The van der Waals surface area contributed by atoms with E-state index in [1.807, 2.05) is 0 Å². The highest BCUT2D eigenvalue weighted by molar-refractivity contribution is 5.51. The van der Waals surface area contributed by atoms with Crippen LogP contribution in [0.1, 0.15) is 16.8 Å². The number of hydrogen-bond acceptors (Lipinski definition) is 3. The fraction of sp³-hybridized carbons (Fsp3) is 0.250. The van der Waals surface area contributed by atoms with Crippen molar-refractivity contribution in [1.82, 2.24) is 15.1 Å². The van der Waals surface area contributed by atoms with Crippen molar-refractivity contribution in [2.45, 2.75) is 19.3 Å². The van der Waals surface area contributed by atoms with Crippen molar-refractivity contribution >= 4 is 5.82 Å². The molecule has 3 rings (SSSR count). The average Bonchev–Trinajstić information content (AvgIpc) is 2.93. The van der Waals surface area contributed by atoms with E-state index in [1.54, 1.807) is 6.07 Å². The maximum Gasteiger partial charge on any atom is 0.418 e. The standard InChI is InChI=1S/C12H11F3N4/c13-12(14,15)8-3-1-2-4-9(8)19-10-6-17-5-7(10)11(16)18-19/h1-4,17H,5-6H2,(H2,16,18). The summed E-state index contributed by atoms with van der Waals surface area (Å²) in [5.74, 6) is 0.275. The molecule has 4 nitrogen and oxygen atoms in total. The number of nitrogen functional groups attached to an aromatic ring is 1. The van der Waals surface area contributed by atoms with E-state index in [-0.39, 0.29) is 11.5 Å². The SMILES string of the molecule is Nc1nn(-c2ccccc2C(F)(F)F)c2c1CNC2. The number of fused-ring (bicyclic) bond motifs is 1. The molecule has 0 radical (unpaired) electrons. The van der Waals surface area contributed by atoms with Crippen molar-refractivity contribution in [2.75, 3.05) is 5.73 Å². The number of nitrogens with zero attached hydrogens (tertiary/aromatic N) is 2. The lowest BCUT2D eigenvalue weighted by Crippen LogP contribution is -2.14. The van der Waals surface area contributed by atoms with Crippen molar-refractivity contribution in [3.05, 3.63) is 41.1 Å². The molecular weight excluding hydrogens is 257 g/mol. The van der Waals surface area contributed by atoms with Crippen molar-refractivity contribution in [1.29, 1.82) is 0 Å². The van der Waals surface area contributed by atoms with Crippen LogP contribution >= 0.6 is 0 Å². The minimum atomic E-state index is -4.42. The summed E-state index contributed by atoms with van der Waals surface area (Å²) in [6.45, 7) is 1.00. The summed E-state index contributed by atoms with van der Waals surface area (Å²) >= 11 is 0. The van der Waals surface area contributed by atoms with Gasteiger partial charge in [-0.05, 0) is 12.1 Å². The fourth-order valence-electron chi connectivity index (χ4n) is 2.28. The van der Waals surface area contributed by atoms with E-state index in [4.69, 9.17) is 5.73 Å². The van der Waals surface area contributed by atoms with Crippen molar-refractivity contribution in [3.63, 3.8) is 0 Å². The van der Waals surface area contributed by atoms with E-state index in [9.17, 15) is 13.2 Å². The Bertz CT molecular complexity index is 630. The molecule has 0 spiro atoms. The molecule has 1 aliphatic rings. The van der Waals surface area contributed by atoms with Gasteiger partial charge in [-0.3, -0.25) is 0 Å². The Morgan fingerprint density at radius 3 is 2.68 bits per heavy atom. The van der Waals surface area contributed by atoms with E-state index in [2.05, 4.69) is 10.4 Å². The lowest BCUT2D eigenvalue weighted by molar-refractivity contribution is -0.137. The Balaban J connectivity index is 2.21. The molecule has 1 aromatic heterocycles. The minimum Gasteiger partial charge on any atom is -0.382 e. The van der Waals surface area contributed by atoms with Crippen LogP contribution in [0.15, 0.2) is 24.3 Å². The molecular formula is C12H11F3N4. The molecule has 2 aromatic rings. The maximum atomic E-state index is 13.0. The third kappa shape index (κ3) is 1.86. The van der Waals surface area contributed by atoms with Gasteiger partial charge in [-0.2, -0.15) is 18.3 Å². The molecule has 0 amide bonds. The first-order valence-electron chi connectivity index (χ1n) is 5.72. The summed E-state index contributed by atoms with van der Waals surface area (Å²) in [4.78, 5) is 0. The van der Waals surface area contributed by atoms with Gasteiger partial charge in [0, 0.05) is 18.7 Å². The summed E-state index contributed by atoms with van der Waals surface area (Å²) in [7, 11) is 0. The van der Waals surface area contributed by atoms with Crippen LogP contribution < -0.4 is 11.1 Å². The number of halogens is 3. The third-order valence-electron chi connectivity index (χ3n) is 3.15. The highest BCUT2D eigenvalue weighted by atomic mass is 19.4. The number of anilines is 1. The smallest absolute Gasteiger partial charge is 0.382 e. The zero-order valence-electron chi connectivity index (χ0n) is 9.83. The summed E-state index contributed by atoms with van der Waals surface area (Å²) < 4.78 is 40.3. The molecule has 0 unspecified atom stereocenters. The molecule has 100 valence electrons. The number of nitrogens with two attached hydrogens (primary N) is 1. The zero-order valence-corrected chi connectivity index (χ0v) is 9.83. The van der Waals surface area contributed by atoms with Gasteiger partial charge < -0.3 is 11.1 Å². The second kappa shape index (κ2) is 3.99. The lowest BCUT2D eigenvalue weighted by atomic mass is 10.1. The van der Waals surface area contributed by atoms with Gasteiger partial charge in [0.2, 0.25) is 0 Å². The van der Waals surface area contributed by atoms with Crippen LogP contribution in [0.4, 0.5) is 19.0 Å². The van der Waals surface area contributed by atoms with E-state index in [0.717, 1.165) is 11.6 Å². The van der Waals surface area contributed by atoms with Crippen LogP contribution in [0.5, 0.6) is 0 Å². The number of rotatable bonds is 1. The molecule has 0 aliphatic carbocycles. The lowest BCUT2D eigenvalue weighted by Gasteiger charge is -2.13. The van der Waals surface area contributed by atoms with Crippen LogP contribution in [0.2, 0.25) is 0 Å². The normalized spacial score (nSPS) is 14.7. The first-order chi connectivity index (χ1) is 8.98. The third-order valence-corrected chi connectivity index (χ3v) is 3.15. The van der Waals surface area contributed by atoms with E-state index in [1.165, 1.54) is 16.8 Å². The first kappa shape index (κ1) is 12.0. The van der Waals surface area contributed by atoms with Crippen LogP contribution in [0, 0.1) is 0 Å². The zero-order chi connectivity index (χ0) is 13.6. The predicted molar refractivity (Wildman–Crippen MR) is 63.5 cm³/mol. The average molecular weight is 268 g/mol. The molecule has 1 aromatic carbocycles. The van der Waals surface area contributed by atoms with Crippen LogP contribution in [-0.2, 0) is 19.3 Å². The Hall–Kier alpha value is -2.02. The van der Waals surface area contributed by atoms with E-state index >= 15 is 0 Å². The van der Waals surface area contributed by atoms with Gasteiger partial charge in [0.15, 0.2) is 5.82 Å². The number of aromatic nitrogens is 2. The monoisotopic (exact) mass is 268 g/mol. The molecule has 2 heterocycles. The quantitative estimate of drug-likeness (QED) is 0.832. The Kier molecular flexibility index (Phi) is 2.53. The maximum absolute atomic E-state index is 13.0. The number of para-hydroxylation sites is 1. The van der Waals surface area contributed by atoms with Gasteiger partial charge >= 0.3 is 6.18 Å². The summed E-state index contributed by atoms with van der Waals surface area (Å²) in [5, 5.41) is 7.09. The van der Waals surface area contributed by atoms with E-state index < -0.39 is 11.7 Å². The number of hydrogen-bond donors (Lipinski definition) is 2. The molecule has 0 fully saturated rings. The van der Waals surface area contributed by atoms with E-state index in [0.29, 0.717) is 18.8 Å². The van der Waals surface area contributed by atoms with Crippen LogP contribution in [0.25, 0.3) is 5.69 Å². The molecule has 0 saturated heterocycles.